The van der Waals surface area contributed by atoms with E-state index in [-0.39, 0.29) is 17.1 Å². The van der Waals surface area contributed by atoms with E-state index in [1.807, 2.05) is 12.1 Å². The average molecular weight is 284 g/mol. The van der Waals surface area contributed by atoms with Crippen molar-refractivity contribution in [3.63, 3.8) is 0 Å². The Balaban J connectivity index is 2.32. The van der Waals surface area contributed by atoms with Crippen molar-refractivity contribution in [2.45, 2.75) is 0 Å². The van der Waals surface area contributed by atoms with Crippen molar-refractivity contribution in [3.05, 3.63) is 64.7 Å². The lowest BCUT2D eigenvalue weighted by molar-refractivity contribution is 0.386. The number of benzene rings is 2. The van der Waals surface area contributed by atoms with E-state index in [1.165, 1.54) is 29.9 Å². The highest BCUT2D eigenvalue weighted by Gasteiger charge is 2.11. The van der Waals surface area contributed by atoms with Crippen molar-refractivity contribution in [2.75, 3.05) is 12.8 Å². The van der Waals surface area contributed by atoms with E-state index in [2.05, 4.69) is 0 Å². The SMILES string of the molecule is COc1cc(-n2c(N)cc3ccccc3c2=O)ccc1F. The molecule has 3 rings (SSSR count). The third-order valence-corrected chi connectivity index (χ3v) is 3.35. The van der Waals surface area contributed by atoms with Crippen LogP contribution in [-0.4, -0.2) is 11.7 Å². The van der Waals surface area contributed by atoms with Gasteiger partial charge in [0.05, 0.1) is 12.8 Å². The molecule has 0 unspecified atom stereocenters. The third-order valence-electron chi connectivity index (χ3n) is 3.35. The van der Waals surface area contributed by atoms with Crippen LogP contribution in [0.5, 0.6) is 5.75 Å². The Labute approximate surface area is 120 Å². The molecule has 5 heteroatoms. The number of hydrogen-bond donors (Lipinski definition) is 1. The summed E-state index contributed by atoms with van der Waals surface area (Å²) in [5, 5.41) is 1.32. The second-order valence-corrected chi connectivity index (χ2v) is 4.62. The molecule has 0 atom stereocenters. The molecule has 21 heavy (non-hydrogen) atoms. The molecule has 0 aliphatic carbocycles. The van der Waals surface area contributed by atoms with Gasteiger partial charge in [-0.1, -0.05) is 18.2 Å². The van der Waals surface area contributed by atoms with Gasteiger partial charge in [0.2, 0.25) is 0 Å². The normalized spacial score (nSPS) is 10.8. The van der Waals surface area contributed by atoms with Crippen LogP contribution in [0.15, 0.2) is 53.3 Å². The number of methoxy groups -OCH3 is 1. The minimum Gasteiger partial charge on any atom is -0.494 e. The minimum atomic E-state index is -0.492. The molecule has 0 aliphatic rings. The minimum absolute atomic E-state index is 0.0620. The second kappa shape index (κ2) is 4.94. The Morgan fingerprint density at radius 3 is 2.67 bits per heavy atom. The number of nitrogens with two attached hydrogens (primary N) is 1. The first-order valence-corrected chi connectivity index (χ1v) is 6.36. The number of nitrogens with zero attached hydrogens (tertiary/aromatic N) is 1. The fourth-order valence-corrected chi connectivity index (χ4v) is 2.33. The van der Waals surface area contributed by atoms with Crippen molar-refractivity contribution in [3.8, 4) is 11.4 Å². The van der Waals surface area contributed by atoms with Crippen molar-refractivity contribution in [2.24, 2.45) is 0 Å². The predicted molar refractivity (Wildman–Crippen MR) is 80.5 cm³/mol. The van der Waals surface area contributed by atoms with Crippen LogP contribution < -0.4 is 16.0 Å². The van der Waals surface area contributed by atoms with Crippen molar-refractivity contribution in [1.29, 1.82) is 0 Å². The molecule has 0 radical (unpaired) electrons. The van der Waals surface area contributed by atoms with Crippen LogP contribution in [0.3, 0.4) is 0 Å². The van der Waals surface area contributed by atoms with E-state index >= 15 is 0 Å². The standard InChI is InChI=1S/C16H13FN2O2/c1-21-14-9-11(6-7-13(14)17)19-15(18)8-10-4-2-3-5-12(10)16(19)20/h2-9H,18H2,1H3. The van der Waals surface area contributed by atoms with Gasteiger partial charge in [-0.25, -0.2) is 4.39 Å². The van der Waals surface area contributed by atoms with Crippen molar-refractivity contribution in [1.82, 2.24) is 4.57 Å². The first-order chi connectivity index (χ1) is 10.1. The van der Waals surface area contributed by atoms with Crippen LogP contribution in [-0.2, 0) is 0 Å². The maximum absolute atomic E-state index is 13.5. The average Bonchev–Trinajstić information content (AvgIpc) is 2.49. The summed E-state index contributed by atoms with van der Waals surface area (Å²) >= 11 is 0. The molecule has 0 saturated carbocycles. The molecule has 2 aromatic carbocycles. The monoisotopic (exact) mass is 284 g/mol. The maximum atomic E-state index is 13.5. The number of anilines is 1. The number of aromatic nitrogens is 1. The van der Waals surface area contributed by atoms with E-state index in [0.29, 0.717) is 11.1 Å². The number of ether oxygens (including phenoxy) is 1. The zero-order valence-electron chi connectivity index (χ0n) is 11.3. The van der Waals surface area contributed by atoms with Crippen LogP contribution in [0.4, 0.5) is 10.2 Å². The number of rotatable bonds is 2. The van der Waals surface area contributed by atoms with E-state index < -0.39 is 5.82 Å². The molecule has 0 bridgehead atoms. The van der Waals surface area contributed by atoms with Crippen LogP contribution in [0.2, 0.25) is 0 Å². The van der Waals surface area contributed by atoms with Gasteiger partial charge in [-0.05, 0) is 29.7 Å². The molecule has 3 aromatic rings. The number of hydrogen-bond acceptors (Lipinski definition) is 3. The molecule has 4 nitrogen and oxygen atoms in total. The lowest BCUT2D eigenvalue weighted by Crippen LogP contribution is -2.21. The summed E-state index contributed by atoms with van der Waals surface area (Å²) < 4.78 is 19.8. The summed E-state index contributed by atoms with van der Waals surface area (Å²) in [5.74, 6) is -0.145. The summed E-state index contributed by atoms with van der Waals surface area (Å²) in [5.41, 5.74) is 6.19. The second-order valence-electron chi connectivity index (χ2n) is 4.62. The number of nitrogen functional groups attached to an aromatic ring is 1. The third kappa shape index (κ3) is 2.12. The molecule has 0 spiro atoms. The van der Waals surface area contributed by atoms with Gasteiger partial charge in [0, 0.05) is 11.5 Å². The summed E-state index contributed by atoms with van der Waals surface area (Å²) in [6.07, 6.45) is 0. The van der Waals surface area contributed by atoms with E-state index in [4.69, 9.17) is 10.5 Å². The van der Waals surface area contributed by atoms with E-state index in [9.17, 15) is 9.18 Å². The predicted octanol–water partition coefficient (Wildman–Crippen LogP) is 2.72. The summed E-state index contributed by atoms with van der Waals surface area (Å²) in [6, 6.07) is 13.1. The first kappa shape index (κ1) is 13.2. The Bertz CT molecular complexity index is 887. The molecule has 106 valence electrons. The summed E-state index contributed by atoms with van der Waals surface area (Å²) in [6.45, 7) is 0. The quantitative estimate of drug-likeness (QED) is 0.787. The lowest BCUT2D eigenvalue weighted by Gasteiger charge is -2.12. The van der Waals surface area contributed by atoms with Gasteiger partial charge in [0.15, 0.2) is 11.6 Å². The summed E-state index contributed by atoms with van der Waals surface area (Å²) in [4.78, 5) is 12.6. The topological polar surface area (TPSA) is 57.2 Å². The number of fused-ring (bicyclic) bond motifs is 1. The molecular weight excluding hydrogens is 271 g/mol. The lowest BCUT2D eigenvalue weighted by atomic mass is 10.1. The molecule has 1 aromatic heterocycles. The number of pyridine rings is 1. The van der Waals surface area contributed by atoms with Crippen LogP contribution in [0.1, 0.15) is 0 Å². The highest BCUT2D eigenvalue weighted by atomic mass is 19.1. The molecule has 0 fully saturated rings. The Hall–Kier alpha value is -2.82. The fraction of sp³-hybridized carbons (Fsp3) is 0.0625. The van der Waals surface area contributed by atoms with Gasteiger partial charge in [0.25, 0.3) is 5.56 Å². The highest BCUT2D eigenvalue weighted by molar-refractivity contribution is 5.84. The summed E-state index contributed by atoms with van der Waals surface area (Å²) in [7, 11) is 1.37. The number of halogens is 1. The van der Waals surface area contributed by atoms with E-state index in [1.54, 1.807) is 18.2 Å². The molecule has 1 heterocycles. The molecule has 2 N–H and O–H groups in total. The maximum Gasteiger partial charge on any atom is 0.264 e. The van der Waals surface area contributed by atoms with Gasteiger partial charge in [0.1, 0.15) is 5.82 Å². The highest BCUT2D eigenvalue weighted by Crippen LogP contribution is 2.23. The van der Waals surface area contributed by atoms with Crippen LogP contribution >= 0.6 is 0 Å². The van der Waals surface area contributed by atoms with E-state index in [0.717, 1.165) is 5.39 Å². The molecule has 0 saturated heterocycles. The van der Waals surface area contributed by atoms with Gasteiger partial charge in [-0.3, -0.25) is 9.36 Å². The van der Waals surface area contributed by atoms with Crippen molar-refractivity contribution < 1.29 is 9.13 Å². The molecular formula is C16H13FN2O2. The Kier molecular flexibility index (Phi) is 3.10. The zero-order chi connectivity index (χ0) is 15.0. The van der Waals surface area contributed by atoms with Gasteiger partial charge >= 0.3 is 0 Å². The van der Waals surface area contributed by atoms with Gasteiger partial charge in [-0.2, -0.15) is 0 Å². The smallest absolute Gasteiger partial charge is 0.264 e. The van der Waals surface area contributed by atoms with Crippen molar-refractivity contribution >= 4 is 16.6 Å². The van der Waals surface area contributed by atoms with Gasteiger partial charge in [-0.15, -0.1) is 0 Å². The first-order valence-electron chi connectivity index (χ1n) is 6.36. The Morgan fingerprint density at radius 1 is 1.14 bits per heavy atom. The zero-order valence-corrected chi connectivity index (χ0v) is 11.3. The van der Waals surface area contributed by atoms with Crippen LogP contribution in [0, 0.1) is 5.82 Å². The van der Waals surface area contributed by atoms with Crippen LogP contribution in [0.25, 0.3) is 16.5 Å². The fourth-order valence-electron chi connectivity index (χ4n) is 2.33. The molecule has 0 amide bonds. The van der Waals surface area contributed by atoms with Gasteiger partial charge < -0.3 is 10.5 Å². The largest absolute Gasteiger partial charge is 0.494 e. The molecule has 0 aliphatic heterocycles. The Morgan fingerprint density at radius 2 is 1.90 bits per heavy atom.